The number of carbonyl (C=O) groups is 1. The Labute approximate surface area is 183 Å². The Balaban J connectivity index is 2.41. The minimum absolute atomic E-state index is 0.0658. The molecule has 0 spiro atoms. The average Bonchev–Trinajstić information content (AvgIpc) is 3.07. The number of benzene rings is 1. The minimum atomic E-state index is -2.05. The standard InChI is InChI=1S/C23H36N4OSi2/c1-23(2,3)21-18-20(26(25-21)29(4,5)6)22(28)27(30(7,8)9)24-17-13-16-19-14-11-10-12-15-19/h10-18H,1-9H3/b16-13+,24-17+. The van der Waals surface area contributed by atoms with Gasteiger partial charge in [0.2, 0.25) is 0 Å². The Morgan fingerprint density at radius 3 is 2.17 bits per heavy atom. The summed E-state index contributed by atoms with van der Waals surface area (Å²) in [6.07, 6.45) is 5.58. The molecule has 0 atom stereocenters. The molecular formula is C23H36N4OSi2. The van der Waals surface area contributed by atoms with Crippen molar-refractivity contribution in [3.05, 3.63) is 59.4 Å². The molecule has 0 saturated carbocycles. The zero-order valence-corrected chi connectivity index (χ0v) is 21.9. The third kappa shape index (κ3) is 6.12. The quantitative estimate of drug-likeness (QED) is 0.322. The van der Waals surface area contributed by atoms with Crippen LogP contribution in [0.15, 0.2) is 47.6 Å². The molecule has 1 amide bonds. The lowest BCUT2D eigenvalue weighted by molar-refractivity contribution is 0.0846. The maximum absolute atomic E-state index is 13.6. The van der Waals surface area contributed by atoms with Gasteiger partial charge >= 0.3 is 0 Å². The summed E-state index contributed by atoms with van der Waals surface area (Å²) < 4.78 is 3.68. The Morgan fingerprint density at radius 2 is 1.67 bits per heavy atom. The van der Waals surface area contributed by atoms with Gasteiger partial charge in [-0.1, -0.05) is 57.2 Å². The van der Waals surface area contributed by atoms with E-state index in [9.17, 15) is 4.79 Å². The molecule has 1 aromatic heterocycles. The van der Waals surface area contributed by atoms with Gasteiger partial charge in [0, 0.05) is 11.6 Å². The van der Waals surface area contributed by atoms with E-state index in [1.165, 1.54) is 0 Å². The molecule has 2 aromatic rings. The molecule has 0 aliphatic carbocycles. The van der Waals surface area contributed by atoms with Crippen LogP contribution in [0, 0.1) is 0 Å². The zero-order valence-electron chi connectivity index (χ0n) is 19.9. The van der Waals surface area contributed by atoms with E-state index >= 15 is 0 Å². The summed E-state index contributed by atoms with van der Waals surface area (Å²) in [5.74, 6) is -0.0658. The molecule has 30 heavy (non-hydrogen) atoms. The van der Waals surface area contributed by atoms with Crippen molar-refractivity contribution in [1.29, 1.82) is 0 Å². The van der Waals surface area contributed by atoms with Crippen LogP contribution in [0.4, 0.5) is 0 Å². The van der Waals surface area contributed by atoms with Crippen LogP contribution in [-0.2, 0) is 5.41 Å². The molecule has 2 rings (SSSR count). The molecule has 0 aliphatic rings. The smallest absolute Gasteiger partial charge is 0.283 e. The minimum Gasteiger partial charge on any atom is -0.290 e. The highest BCUT2D eigenvalue weighted by molar-refractivity contribution is 6.76. The molecule has 0 fully saturated rings. The average molecular weight is 441 g/mol. The number of aromatic nitrogens is 2. The number of hydrazone groups is 1. The van der Waals surface area contributed by atoms with Gasteiger partial charge in [-0.2, -0.15) is 10.2 Å². The van der Waals surface area contributed by atoms with Crippen molar-refractivity contribution in [1.82, 2.24) is 14.1 Å². The van der Waals surface area contributed by atoms with Crippen LogP contribution in [0.1, 0.15) is 42.5 Å². The third-order valence-corrected chi connectivity index (χ3v) is 7.72. The van der Waals surface area contributed by atoms with Gasteiger partial charge in [0.15, 0.2) is 16.5 Å². The molecule has 0 radical (unpaired) electrons. The summed E-state index contributed by atoms with van der Waals surface area (Å²) in [6, 6.07) is 12.0. The van der Waals surface area contributed by atoms with E-state index in [4.69, 9.17) is 5.10 Å². The molecule has 1 heterocycles. The van der Waals surface area contributed by atoms with Gasteiger partial charge < -0.3 is 0 Å². The lowest BCUT2D eigenvalue weighted by Gasteiger charge is -2.30. The monoisotopic (exact) mass is 440 g/mol. The summed E-state index contributed by atoms with van der Waals surface area (Å²) in [4.78, 5) is 13.6. The summed E-state index contributed by atoms with van der Waals surface area (Å²) in [5, 5.41) is 9.44. The van der Waals surface area contributed by atoms with E-state index < -0.39 is 16.5 Å². The second-order valence-corrected chi connectivity index (χ2v) is 20.1. The highest BCUT2D eigenvalue weighted by Gasteiger charge is 2.35. The van der Waals surface area contributed by atoms with Crippen molar-refractivity contribution in [2.45, 2.75) is 65.5 Å². The van der Waals surface area contributed by atoms with Crippen LogP contribution in [0.3, 0.4) is 0 Å². The van der Waals surface area contributed by atoms with Crippen molar-refractivity contribution in [3.8, 4) is 0 Å². The van der Waals surface area contributed by atoms with Gasteiger partial charge in [-0.3, -0.25) is 13.8 Å². The SMILES string of the molecule is CC(C)(C)c1cc(C(=O)N(/N=C/C=C/c2ccccc2)[Si](C)(C)C)n([Si](C)(C)C)n1. The first-order chi connectivity index (χ1) is 13.7. The Kier molecular flexibility index (Phi) is 7.09. The van der Waals surface area contributed by atoms with Crippen molar-refractivity contribution in [2.24, 2.45) is 5.10 Å². The molecule has 1 aromatic carbocycles. The Hall–Kier alpha value is -2.26. The summed E-state index contributed by atoms with van der Waals surface area (Å²) in [5.41, 5.74) is 2.56. The molecule has 0 unspecified atom stereocenters. The van der Waals surface area contributed by atoms with E-state index in [0.717, 1.165) is 11.3 Å². The third-order valence-electron chi connectivity index (χ3n) is 4.52. The van der Waals surface area contributed by atoms with Crippen molar-refractivity contribution >= 4 is 34.7 Å². The molecule has 0 N–H and O–H groups in total. The van der Waals surface area contributed by atoms with Crippen LogP contribution < -0.4 is 0 Å². The van der Waals surface area contributed by atoms with Crippen LogP contribution in [0.25, 0.3) is 6.08 Å². The fourth-order valence-corrected chi connectivity index (χ4v) is 5.30. The van der Waals surface area contributed by atoms with Gasteiger partial charge in [-0.15, -0.1) is 0 Å². The molecule has 7 heteroatoms. The van der Waals surface area contributed by atoms with Crippen molar-refractivity contribution in [2.75, 3.05) is 0 Å². The summed E-state index contributed by atoms with van der Waals surface area (Å²) in [7, 11) is -3.93. The number of allylic oxidation sites excluding steroid dienone is 1. The number of hydrogen-bond donors (Lipinski definition) is 0. The van der Waals surface area contributed by atoms with E-state index in [1.54, 1.807) is 10.9 Å². The predicted molar refractivity (Wildman–Crippen MR) is 133 cm³/mol. The van der Waals surface area contributed by atoms with Gasteiger partial charge in [-0.05, 0) is 57.0 Å². The van der Waals surface area contributed by atoms with Crippen molar-refractivity contribution < 1.29 is 4.79 Å². The van der Waals surface area contributed by atoms with Gasteiger partial charge in [0.1, 0.15) is 5.69 Å². The number of amides is 1. The molecule has 0 aliphatic heterocycles. The zero-order chi connectivity index (χ0) is 22.7. The number of carbonyl (C=O) groups excluding carboxylic acids is 1. The van der Waals surface area contributed by atoms with Crippen LogP contribution >= 0.6 is 0 Å². The fourth-order valence-electron chi connectivity index (χ4n) is 2.87. The van der Waals surface area contributed by atoms with E-state index in [2.05, 4.69) is 65.2 Å². The van der Waals surface area contributed by atoms with Crippen LogP contribution in [0.2, 0.25) is 39.3 Å². The van der Waals surface area contributed by atoms with Crippen molar-refractivity contribution in [3.63, 3.8) is 0 Å². The number of hydrogen-bond acceptors (Lipinski definition) is 3. The largest absolute Gasteiger partial charge is 0.290 e. The van der Waals surface area contributed by atoms with E-state index in [0.29, 0.717) is 5.69 Å². The van der Waals surface area contributed by atoms with Gasteiger partial charge in [0.25, 0.3) is 5.91 Å². The van der Waals surface area contributed by atoms with E-state index in [-0.39, 0.29) is 11.3 Å². The topological polar surface area (TPSA) is 50.5 Å². The maximum Gasteiger partial charge on any atom is 0.283 e. The lowest BCUT2D eigenvalue weighted by atomic mass is 9.92. The molecule has 0 saturated heterocycles. The highest BCUT2D eigenvalue weighted by atomic mass is 28.3. The predicted octanol–water partition coefficient (Wildman–Crippen LogP) is 5.84. The number of nitrogens with zero attached hydrogens (tertiary/aromatic N) is 4. The second kappa shape index (κ2) is 8.85. The Bertz CT molecular complexity index is 927. The van der Waals surface area contributed by atoms with Gasteiger partial charge in [0.05, 0.1) is 5.69 Å². The maximum atomic E-state index is 13.6. The molecular weight excluding hydrogens is 404 g/mol. The first-order valence-electron chi connectivity index (χ1n) is 10.4. The van der Waals surface area contributed by atoms with E-state index in [1.807, 2.05) is 52.9 Å². The molecule has 162 valence electrons. The Morgan fingerprint density at radius 1 is 1.07 bits per heavy atom. The molecule has 5 nitrogen and oxygen atoms in total. The summed E-state index contributed by atoms with van der Waals surface area (Å²) >= 11 is 0. The fraction of sp³-hybridized carbons (Fsp3) is 0.435. The van der Waals surface area contributed by atoms with Crippen LogP contribution in [-0.4, -0.2) is 42.7 Å². The molecule has 0 bridgehead atoms. The number of rotatable bonds is 6. The first-order valence-corrected chi connectivity index (χ1v) is 17.3. The normalized spacial score (nSPS) is 13.4. The second-order valence-electron chi connectivity index (χ2n) is 10.6. The van der Waals surface area contributed by atoms with Crippen LogP contribution in [0.5, 0.6) is 0 Å². The first kappa shape index (κ1) is 24.0. The van der Waals surface area contributed by atoms with Gasteiger partial charge in [-0.25, -0.2) is 0 Å². The lowest BCUT2D eigenvalue weighted by Crippen LogP contribution is -2.48. The summed E-state index contributed by atoms with van der Waals surface area (Å²) in [6.45, 7) is 19.4. The highest BCUT2D eigenvalue weighted by Crippen LogP contribution is 2.25.